The molecule has 4 N–H and O–H groups in total. The number of anilines is 4. The lowest BCUT2D eigenvalue weighted by atomic mass is 10.3. The van der Waals surface area contributed by atoms with Crippen LogP contribution in [0.4, 0.5) is 32.3 Å². The normalized spacial score (nSPS) is 11.9. The number of hydrogen-bond donors (Lipinski definition) is 4. The Kier molecular flexibility index (Phi) is 12.4. The van der Waals surface area contributed by atoms with Crippen molar-refractivity contribution in [1.29, 1.82) is 0 Å². The van der Waals surface area contributed by atoms with E-state index < -0.39 is 61.8 Å². The Morgan fingerprint density at radius 2 is 0.714 bits per heavy atom. The van der Waals surface area contributed by atoms with Gasteiger partial charge in [-0.2, -0.15) is 16.8 Å². The standard InChI is InChI=1S/C36H34N4O12S4/c1-3-53(43,44)31-20-12-27(13-21-31)39-35(41)37-25-8-16-29(17-9-25)51-55(47,48)33-6-5-7-34(24-33)56(49,50)52-30-18-10-26(11-19-30)38-36(42)40-28-14-22-32(23-15-28)54(45,46)4-2/h5-24H,3-4H2,1-2H3,(H2,37,39,41)(H2,38,40,42). The van der Waals surface area contributed by atoms with Gasteiger partial charge < -0.3 is 29.6 Å². The van der Waals surface area contributed by atoms with Gasteiger partial charge in [-0.1, -0.05) is 19.9 Å². The molecule has 0 aromatic heterocycles. The van der Waals surface area contributed by atoms with E-state index in [2.05, 4.69) is 21.3 Å². The van der Waals surface area contributed by atoms with Crippen LogP contribution in [0.5, 0.6) is 11.5 Å². The van der Waals surface area contributed by atoms with E-state index in [1.54, 1.807) is 0 Å². The molecular formula is C36H34N4O12S4. The smallest absolute Gasteiger partial charge is 0.339 e. The highest BCUT2D eigenvalue weighted by atomic mass is 32.2. The summed E-state index contributed by atoms with van der Waals surface area (Å²) in [6.45, 7) is 3.05. The Labute approximate surface area is 324 Å². The van der Waals surface area contributed by atoms with Crippen LogP contribution in [0.2, 0.25) is 0 Å². The summed E-state index contributed by atoms with van der Waals surface area (Å²) < 4.78 is 111. The molecule has 16 nitrogen and oxygen atoms in total. The molecule has 0 heterocycles. The first-order valence-corrected chi connectivity index (χ1v) is 22.5. The summed E-state index contributed by atoms with van der Waals surface area (Å²) in [5.41, 5.74) is 1.20. The van der Waals surface area contributed by atoms with Gasteiger partial charge in [-0.3, -0.25) is 0 Å². The van der Waals surface area contributed by atoms with Crippen molar-refractivity contribution in [2.24, 2.45) is 0 Å². The lowest BCUT2D eigenvalue weighted by molar-refractivity contribution is 0.261. The molecule has 4 amide bonds. The van der Waals surface area contributed by atoms with Crippen LogP contribution in [0.1, 0.15) is 13.8 Å². The van der Waals surface area contributed by atoms with Crippen molar-refractivity contribution in [3.8, 4) is 11.5 Å². The summed E-state index contributed by atoms with van der Waals surface area (Å²) in [4.78, 5) is 24.1. The van der Waals surface area contributed by atoms with Crippen molar-refractivity contribution < 1.29 is 51.6 Å². The van der Waals surface area contributed by atoms with Gasteiger partial charge in [-0.05, 0) is 115 Å². The second-order valence-electron chi connectivity index (χ2n) is 11.6. The maximum atomic E-state index is 13.1. The Balaban J connectivity index is 1.16. The quantitative estimate of drug-likeness (QED) is 0.0929. The van der Waals surface area contributed by atoms with E-state index in [1.165, 1.54) is 117 Å². The van der Waals surface area contributed by atoms with E-state index in [-0.39, 0.29) is 44.2 Å². The van der Waals surface area contributed by atoms with Crippen LogP contribution in [-0.4, -0.2) is 57.2 Å². The Hall–Kier alpha value is -5.96. The third kappa shape index (κ3) is 10.6. The molecular weight excluding hydrogens is 809 g/mol. The summed E-state index contributed by atoms with van der Waals surface area (Å²) in [5, 5.41) is 10.2. The number of hydrogen-bond acceptors (Lipinski definition) is 12. The van der Waals surface area contributed by atoms with Crippen molar-refractivity contribution in [1.82, 2.24) is 0 Å². The Morgan fingerprint density at radius 3 is 1.00 bits per heavy atom. The second kappa shape index (κ2) is 16.8. The highest BCUT2D eigenvalue weighted by molar-refractivity contribution is 7.91. The maximum Gasteiger partial charge on any atom is 0.339 e. The number of amides is 4. The molecule has 56 heavy (non-hydrogen) atoms. The number of sulfone groups is 2. The first-order chi connectivity index (χ1) is 26.4. The van der Waals surface area contributed by atoms with Gasteiger partial charge in [0, 0.05) is 22.7 Å². The minimum Gasteiger partial charge on any atom is -0.379 e. The number of urea groups is 2. The fourth-order valence-corrected chi connectivity index (χ4v) is 8.53. The van der Waals surface area contributed by atoms with Gasteiger partial charge in [-0.25, -0.2) is 26.4 Å². The molecule has 0 aliphatic rings. The number of benzene rings is 5. The van der Waals surface area contributed by atoms with E-state index in [0.717, 1.165) is 18.2 Å². The first kappa shape index (κ1) is 41.2. The predicted molar refractivity (Wildman–Crippen MR) is 209 cm³/mol. The molecule has 0 spiro atoms. The summed E-state index contributed by atoms with van der Waals surface area (Å²) in [6.07, 6.45) is 0. The van der Waals surface area contributed by atoms with Gasteiger partial charge in [0.2, 0.25) is 0 Å². The molecule has 0 aliphatic heterocycles. The van der Waals surface area contributed by atoms with E-state index >= 15 is 0 Å². The van der Waals surface area contributed by atoms with Crippen LogP contribution in [0.3, 0.4) is 0 Å². The minimum absolute atomic E-state index is 0.0652. The summed E-state index contributed by atoms with van der Waals surface area (Å²) in [5.74, 6) is -0.416. The molecule has 0 unspecified atom stereocenters. The molecule has 294 valence electrons. The van der Waals surface area contributed by atoms with Crippen molar-refractivity contribution >= 4 is 74.7 Å². The topological polar surface area (TPSA) is 237 Å². The van der Waals surface area contributed by atoms with E-state index in [1.807, 2.05) is 0 Å². The fourth-order valence-electron chi connectivity index (χ4n) is 4.73. The number of carbonyl (C=O) groups is 2. The van der Waals surface area contributed by atoms with Crippen molar-refractivity contribution in [3.63, 3.8) is 0 Å². The lowest BCUT2D eigenvalue weighted by Gasteiger charge is -2.12. The molecule has 0 saturated carbocycles. The molecule has 5 rings (SSSR count). The van der Waals surface area contributed by atoms with Gasteiger partial charge in [-0.15, -0.1) is 0 Å². The van der Waals surface area contributed by atoms with E-state index in [9.17, 15) is 43.3 Å². The average Bonchev–Trinajstić information content (AvgIpc) is 3.16. The molecule has 0 fully saturated rings. The highest BCUT2D eigenvalue weighted by Crippen LogP contribution is 2.26. The van der Waals surface area contributed by atoms with E-state index in [0.29, 0.717) is 11.4 Å². The zero-order valence-corrected chi connectivity index (χ0v) is 32.8. The van der Waals surface area contributed by atoms with E-state index in [4.69, 9.17) is 8.37 Å². The van der Waals surface area contributed by atoms with Crippen LogP contribution in [0.25, 0.3) is 0 Å². The lowest BCUT2D eigenvalue weighted by Crippen LogP contribution is -2.19. The first-order valence-electron chi connectivity index (χ1n) is 16.4. The summed E-state index contributed by atoms with van der Waals surface area (Å²) in [7, 11) is -15.9. The number of carbonyl (C=O) groups excluding carboxylic acids is 2. The summed E-state index contributed by atoms with van der Waals surface area (Å²) >= 11 is 0. The Morgan fingerprint density at radius 1 is 0.429 bits per heavy atom. The molecule has 0 aliphatic carbocycles. The van der Waals surface area contributed by atoms with Gasteiger partial charge in [0.1, 0.15) is 21.3 Å². The summed E-state index contributed by atoms with van der Waals surface area (Å²) in [6, 6.07) is 24.8. The third-order valence-electron chi connectivity index (χ3n) is 7.72. The zero-order valence-electron chi connectivity index (χ0n) is 29.5. The molecule has 0 saturated heterocycles. The van der Waals surface area contributed by atoms with Crippen LogP contribution < -0.4 is 29.6 Å². The molecule has 0 radical (unpaired) electrons. The van der Waals surface area contributed by atoms with Crippen molar-refractivity contribution in [3.05, 3.63) is 121 Å². The number of nitrogens with one attached hydrogen (secondary N) is 4. The van der Waals surface area contributed by atoms with Crippen LogP contribution in [0, 0.1) is 0 Å². The van der Waals surface area contributed by atoms with Gasteiger partial charge in [0.05, 0.1) is 21.3 Å². The monoisotopic (exact) mass is 842 g/mol. The molecule has 0 atom stereocenters. The zero-order chi connectivity index (χ0) is 40.7. The van der Waals surface area contributed by atoms with Gasteiger partial charge in [0.15, 0.2) is 19.7 Å². The van der Waals surface area contributed by atoms with Crippen molar-refractivity contribution in [2.45, 2.75) is 33.4 Å². The highest BCUT2D eigenvalue weighted by Gasteiger charge is 2.23. The minimum atomic E-state index is -4.55. The molecule has 20 heteroatoms. The third-order valence-corrected chi connectivity index (χ3v) is 13.7. The van der Waals surface area contributed by atoms with Gasteiger partial charge in [0.25, 0.3) is 0 Å². The second-order valence-corrected chi connectivity index (χ2v) is 19.3. The maximum absolute atomic E-state index is 13.1. The van der Waals surface area contributed by atoms with Crippen molar-refractivity contribution in [2.75, 3.05) is 32.8 Å². The van der Waals surface area contributed by atoms with Gasteiger partial charge >= 0.3 is 32.3 Å². The fraction of sp³-hybridized carbons (Fsp3) is 0.111. The largest absolute Gasteiger partial charge is 0.379 e. The van der Waals surface area contributed by atoms with Crippen LogP contribution in [-0.2, 0) is 39.9 Å². The molecule has 5 aromatic carbocycles. The number of rotatable bonds is 14. The SMILES string of the molecule is CCS(=O)(=O)c1ccc(NC(=O)Nc2ccc(OS(=O)(=O)c3cccc(S(=O)(=O)Oc4ccc(NC(=O)Nc5ccc(S(=O)(=O)CC)cc5)cc4)c3)cc2)cc1. The Bertz CT molecular complexity index is 2490. The molecule has 5 aromatic rings. The van der Waals surface area contributed by atoms with Crippen LogP contribution >= 0.6 is 0 Å². The average molecular weight is 843 g/mol. The molecule has 0 bridgehead atoms. The predicted octanol–water partition coefficient (Wildman–Crippen LogP) is 6.10. The van der Waals surface area contributed by atoms with Crippen LogP contribution in [0.15, 0.2) is 141 Å².